The minimum atomic E-state index is 0.0690. The van der Waals surface area contributed by atoms with E-state index in [1.165, 1.54) is 0 Å². The molecule has 2 saturated heterocycles. The molecule has 4 heterocycles. The summed E-state index contributed by atoms with van der Waals surface area (Å²) in [6.07, 6.45) is 5.47. The van der Waals surface area contributed by atoms with Gasteiger partial charge in [0.05, 0.1) is 61.4 Å². The molecule has 38 heavy (non-hydrogen) atoms. The van der Waals surface area contributed by atoms with Crippen molar-refractivity contribution in [1.82, 2.24) is 19.9 Å². The Bertz CT molecular complexity index is 1240. The highest BCUT2D eigenvalue weighted by molar-refractivity contribution is 5.65. The maximum atomic E-state index is 9.70. The fourth-order valence-corrected chi connectivity index (χ4v) is 4.44. The summed E-state index contributed by atoms with van der Waals surface area (Å²) in [7, 11) is 1.68. The van der Waals surface area contributed by atoms with Crippen molar-refractivity contribution in [1.29, 1.82) is 5.26 Å². The predicted octanol–water partition coefficient (Wildman–Crippen LogP) is 3.56. The van der Waals surface area contributed by atoms with Crippen LogP contribution in [0.25, 0.3) is 11.3 Å². The highest BCUT2D eigenvalue weighted by Gasteiger charge is 2.27. The molecule has 3 aromatic rings. The van der Waals surface area contributed by atoms with Crippen LogP contribution in [0.15, 0.2) is 48.8 Å². The van der Waals surface area contributed by atoms with Gasteiger partial charge in [-0.25, -0.2) is 9.97 Å². The first kappa shape index (κ1) is 26.0. The van der Waals surface area contributed by atoms with Crippen molar-refractivity contribution >= 4 is 11.6 Å². The average molecular weight is 517 g/mol. The maximum absolute atomic E-state index is 9.70. The summed E-state index contributed by atoms with van der Waals surface area (Å²) in [6, 6.07) is 13.6. The van der Waals surface area contributed by atoms with Crippen LogP contribution in [0, 0.1) is 11.3 Å². The molecule has 0 radical (unpaired) electrons. The smallest absolute Gasteiger partial charge is 0.227 e. The Morgan fingerprint density at radius 1 is 1.08 bits per heavy atom. The number of ether oxygens (including phenoxy) is 4. The highest BCUT2D eigenvalue weighted by Crippen LogP contribution is 2.28. The number of pyridine rings is 1. The summed E-state index contributed by atoms with van der Waals surface area (Å²) < 4.78 is 22.2. The number of hydrogen-bond acceptors (Lipinski definition) is 10. The number of nitriles is 1. The molecular weight excluding hydrogens is 484 g/mol. The third-order valence-corrected chi connectivity index (χ3v) is 6.54. The van der Waals surface area contributed by atoms with Crippen molar-refractivity contribution in [3.05, 3.63) is 60.0 Å². The largest absolute Gasteiger partial charge is 0.489 e. The third-order valence-electron chi connectivity index (χ3n) is 6.54. The summed E-state index contributed by atoms with van der Waals surface area (Å²) in [6.45, 7) is 5.22. The van der Waals surface area contributed by atoms with Crippen LogP contribution in [0.5, 0.6) is 5.75 Å². The van der Waals surface area contributed by atoms with Crippen molar-refractivity contribution in [3.8, 4) is 23.1 Å². The van der Waals surface area contributed by atoms with Gasteiger partial charge in [0.15, 0.2) is 0 Å². The van der Waals surface area contributed by atoms with Crippen LogP contribution in [0.2, 0.25) is 0 Å². The van der Waals surface area contributed by atoms with E-state index in [0.29, 0.717) is 49.4 Å². The van der Waals surface area contributed by atoms with Gasteiger partial charge in [-0.1, -0.05) is 0 Å². The quantitative estimate of drug-likeness (QED) is 0.379. The van der Waals surface area contributed by atoms with E-state index >= 15 is 0 Å². The Morgan fingerprint density at radius 3 is 2.71 bits per heavy atom. The number of hydrogen-bond donors (Lipinski definition) is 1. The lowest BCUT2D eigenvalue weighted by molar-refractivity contribution is -0.0702. The van der Waals surface area contributed by atoms with Crippen molar-refractivity contribution in [3.63, 3.8) is 0 Å². The molecule has 0 saturated carbocycles. The zero-order valence-corrected chi connectivity index (χ0v) is 21.5. The van der Waals surface area contributed by atoms with E-state index in [9.17, 15) is 5.26 Å². The third kappa shape index (κ3) is 6.82. The number of methoxy groups -OCH3 is 1. The van der Waals surface area contributed by atoms with Crippen LogP contribution in [-0.2, 0) is 20.8 Å². The predicted molar refractivity (Wildman–Crippen MR) is 141 cm³/mol. The molecule has 0 atom stereocenters. The van der Waals surface area contributed by atoms with E-state index < -0.39 is 0 Å². The highest BCUT2D eigenvalue weighted by atomic mass is 16.5. The summed E-state index contributed by atoms with van der Waals surface area (Å²) in [4.78, 5) is 15.9. The van der Waals surface area contributed by atoms with Crippen LogP contribution >= 0.6 is 0 Å². The number of likely N-dealkylation sites (tertiary alicyclic amines) is 1. The van der Waals surface area contributed by atoms with E-state index in [1.807, 2.05) is 30.3 Å². The molecule has 1 N–H and O–H groups in total. The molecule has 2 aliphatic heterocycles. The molecule has 1 aromatic carbocycles. The van der Waals surface area contributed by atoms with E-state index in [-0.39, 0.29) is 12.2 Å². The van der Waals surface area contributed by atoms with Gasteiger partial charge in [-0.2, -0.15) is 5.26 Å². The molecule has 10 heteroatoms. The first-order valence-electron chi connectivity index (χ1n) is 12.9. The second-order valence-corrected chi connectivity index (χ2v) is 9.36. The van der Waals surface area contributed by atoms with Gasteiger partial charge in [0.1, 0.15) is 17.9 Å². The first-order valence-corrected chi connectivity index (χ1v) is 12.9. The van der Waals surface area contributed by atoms with Gasteiger partial charge < -0.3 is 24.3 Å². The minimum Gasteiger partial charge on any atom is -0.489 e. The SMILES string of the molecule is COCCOC1CN(Cc2ccc(Nc3nccc(-c4ccc(OC5CCOCC5)c(C#N)c4)n3)cn2)C1. The summed E-state index contributed by atoms with van der Waals surface area (Å²) >= 11 is 0. The Morgan fingerprint density at radius 2 is 1.95 bits per heavy atom. The van der Waals surface area contributed by atoms with E-state index in [0.717, 1.165) is 49.4 Å². The second kappa shape index (κ2) is 12.8. The number of benzene rings is 1. The number of rotatable bonds is 11. The summed E-state index contributed by atoms with van der Waals surface area (Å²) in [5.41, 5.74) is 3.80. The van der Waals surface area contributed by atoms with Crippen molar-refractivity contribution in [2.24, 2.45) is 0 Å². The topological polar surface area (TPSA) is 115 Å². The Balaban J connectivity index is 1.17. The molecule has 2 aromatic heterocycles. The van der Waals surface area contributed by atoms with E-state index in [2.05, 4.69) is 31.2 Å². The minimum absolute atomic E-state index is 0.0690. The lowest BCUT2D eigenvalue weighted by atomic mass is 10.1. The zero-order chi connectivity index (χ0) is 26.2. The Labute approximate surface area is 222 Å². The normalized spacial score (nSPS) is 16.5. The molecule has 10 nitrogen and oxygen atoms in total. The van der Waals surface area contributed by atoms with E-state index in [4.69, 9.17) is 18.9 Å². The van der Waals surface area contributed by atoms with Crippen LogP contribution in [-0.4, -0.2) is 78.7 Å². The number of nitrogens with zero attached hydrogens (tertiary/aromatic N) is 5. The van der Waals surface area contributed by atoms with Crippen LogP contribution in [0.1, 0.15) is 24.1 Å². The number of aromatic nitrogens is 3. The van der Waals surface area contributed by atoms with E-state index in [1.54, 1.807) is 25.6 Å². The fourth-order valence-electron chi connectivity index (χ4n) is 4.44. The fraction of sp³-hybridized carbons (Fsp3) is 0.429. The zero-order valence-electron chi connectivity index (χ0n) is 21.5. The van der Waals surface area contributed by atoms with Crippen LogP contribution < -0.4 is 10.1 Å². The molecule has 0 bridgehead atoms. The van der Waals surface area contributed by atoms with Crippen molar-refractivity contribution < 1.29 is 18.9 Å². The Kier molecular flexibility index (Phi) is 8.73. The lowest BCUT2D eigenvalue weighted by Gasteiger charge is -2.38. The van der Waals surface area contributed by atoms with Gasteiger partial charge in [0.25, 0.3) is 0 Å². The lowest BCUT2D eigenvalue weighted by Crippen LogP contribution is -2.51. The maximum Gasteiger partial charge on any atom is 0.227 e. The monoisotopic (exact) mass is 516 g/mol. The molecule has 5 rings (SSSR count). The molecule has 0 spiro atoms. The van der Waals surface area contributed by atoms with Gasteiger partial charge in [-0.15, -0.1) is 0 Å². The number of nitrogens with one attached hydrogen (secondary N) is 1. The van der Waals surface area contributed by atoms with Gasteiger partial charge in [0, 0.05) is 51.3 Å². The van der Waals surface area contributed by atoms with Crippen LogP contribution in [0.4, 0.5) is 11.6 Å². The first-order chi connectivity index (χ1) is 18.7. The van der Waals surface area contributed by atoms with Crippen LogP contribution in [0.3, 0.4) is 0 Å². The van der Waals surface area contributed by atoms with Crippen molar-refractivity contribution in [2.75, 3.05) is 51.9 Å². The molecule has 2 fully saturated rings. The second-order valence-electron chi connectivity index (χ2n) is 9.36. The Hall–Kier alpha value is -3.62. The molecular formula is C28H32N6O4. The molecule has 0 aliphatic carbocycles. The van der Waals surface area contributed by atoms with Gasteiger partial charge in [0.2, 0.25) is 5.95 Å². The van der Waals surface area contributed by atoms with Gasteiger partial charge >= 0.3 is 0 Å². The molecule has 0 unspecified atom stereocenters. The standard InChI is InChI=1S/C28H32N6O4/c1-35-12-13-37-25-18-34(19-25)17-23-4-3-22(16-31-23)32-28-30-9-6-26(33-28)20-2-5-27(21(14-20)15-29)38-24-7-10-36-11-8-24/h2-6,9,14,16,24-25H,7-8,10-13,17-19H2,1H3,(H,30,32,33). The van der Waals surface area contributed by atoms with Gasteiger partial charge in [-0.05, 0) is 36.4 Å². The summed E-state index contributed by atoms with van der Waals surface area (Å²) in [5.74, 6) is 1.05. The number of anilines is 2. The van der Waals surface area contributed by atoms with Crippen molar-refractivity contribution in [2.45, 2.75) is 31.6 Å². The average Bonchev–Trinajstić information content (AvgIpc) is 2.93. The molecule has 2 aliphatic rings. The molecule has 0 amide bonds. The van der Waals surface area contributed by atoms with Gasteiger partial charge in [-0.3, -0.25) is 9.88 Å². The molecule has 198 valence electrons. The summed E-state index contributed by atoms with van der Waals surface area (Å²) in [5, 5.41) is 12.9.